The van der Waals surface area contributed by atoms with Gasteiger partial charge in [0.25, 0.3) is 0 Å². The first-order valence-corrected chi connectivity index (χ1v) is 4.89. The Morgan fingerprint density at radius 3 is 2.47 bits per heavy atom. The molecule has 1 N–H and O–H groups in total. The molecule has 1 aromatic rings. The quantitative estimate of drug-likeness (QED) is 0.760. The van der Waals surface area contributed by atoms with Crippen molar-refractivity contribution in [2.45, 2.75) is 26.4 Å². The van der Waals surface area contributed by atoms with E-state index in [4.69, 9.17) is 4.74 Å². The Hall–Kier alpha value is -1.45. The van der Waals surface area contributed by atoms with Gasteiger partial charge in [-0.3, -0.25) is 0 Å². The third kappa shape index (κ3) is 3.01. The molecule has 84 valence electrons. The lowest BCUT2D eigenvalue weighted by Gasteiger charge is -2.20. The first-order chi connectivity index (χ1) is 6.81. The molecule has 0 fully saturated rings. The van der Waals surface area contributed by atoms with Gasteiger partial charge in [-0.25, -0.2) is 4.79 Å². The maximum atomic E-state index is 11.8. The fourth-order valence-electron chi connectivity index (χ4n) is 1.23. The SMILES string of the molecule is CN(C)c1cc[nH]c1C(=O)OC(C)(C)C. The normalized spacial score (nSPS) is 11.3. The number of esters is 1. The number of H-pyrrole nitrogens is 1. The fourth-order valence-corrected chi connectivity index (χ4v) is 1.23. The van der Waals surface area contributed by atoms with Gasteiger partial charge in [0.2, 0.25) is 0 Å². The minimum Gasteiger partial charge on any atom is -0.455 e. The van der Waals surface area contributed by atoms with Crippen molar-refractivity contribution in [2.75, 3.05) is 19.0 Å². The lowest BCUT2D eigenvalue weighted by Crippen LogP contribution is -2.25. The first-order valence-electron chi connectivity index (χ1n) is 4.89. The van der Waals surface area contributed by atoms with Crippen molar-refractivity contribution >= 4 is 11.7 Å². The summed E-state index contributed by atoms with van der Waals surface area (Å²) in [5, 5.41) is 0. The summed E-state index contributed by atoms with van der Waals surface area (Å²) in [6.45, 7) is 5.55. The zero-order valence-electron chi connectivity index (χ0n) is 9.92. The molecule has 1 aromatic heterocycles. The number of carbonyl (C=O) groups excluding carboxylic acids is 1. The Labute approximate surface area is 90.2 Å². The third-order valence-corrected chi connectivity index (χ3v) is 1.81. The van der Waals surface area contributed by atoms with E-state index >= 15 is 0 Å². The molecule has 0 bridgehead atoms. The molecular formula is C11H18N2O2. The van der Waals surface area contributed by atoms with Crippen LogP contribution < -0.4 is 4.90 Å². The van der Waals surface area contributed by atoms with E-state index in [2.05, 4.69) is 4.98 Å². The molecule has 0 unspecified atom stereocenters. The van der Waals surface area contributed by atoms with Crippen molar-refractivity contribution in [3.63, 3.8) is 0 Å². The molecular weight excluding hydrogens is 192 g/mol. The highest BCUT2D eigenvalue weighted by Crippen LogP contribution is 2.20. The number of anilines is 1. The van der Waals surface area contributed by atoms with Crippen molar-refractivity contribution in [1.29, 1.82) is 0 Å². The molecule has 0 aliphatic carbocycles. The molecule has 0 atom stereocenters. The van der Waals surface area contributed by atoms with E-state index in [9.17, 15) is 4.79 Å². The van der Waals surface area contributed by atoms with Gasteiger partial charge in [-0.1, -0.05) is 0 Å². The molecule has 4 nitrogen and oxygen atoms in total. The van der Waals surface area contributed by atoms with E-state index < -0.39 is 5.60 Å². The Balaban J connectivity index is 2.87. The van der Waals surface area contributed by atoms with Crippen LogP contribution in [0.2, 0.25) is 0 Å². The number of aromatic nitrogens is 1. The minimum atomic E-state index is -0.466. The largest absolute Gasteiger partial charge is 0.455 e. The molecule has 0 saturated heterocycles. The summed E-state index contributed by atoms with van der Waals surface area (Å²) < 4.78 is 5.28. The molecule has 1 heterocycles. The van der Waals surface area contributed by atoms with E-state index in [1.165, 1.54) is 0 Å². The van der Waals surface area contributed by atoms with Crippen LogP contribution in [0.1, 0.15) is 31.3 Å². The van der Waals surface area contributed by atoms with E-state index in [-0.39, 0.29) is 5.97 Å². The Morgan fingerprint density at radius 2 is 2.00 bits per heavy atom. The van der Waals surface area contributed by atoms with Gasteiger partial charge in [0.1, 0.15) is 11.3 Å². The van der Waals surface area contributed by atoms with Crippen molar-refractivity contribution in [2.24, 2.45) is 0 Å². The molecule has 0 aromatic carbocycles. The highest BCUT2D eigenvalue weighted by atomic mass is 16.6. The van der Waals surface area contributed by atoms with Crippen molar-refractivity contribution < 1.29 is 9.53 Å². The predicted octanol–water partition coefficient (Wildman–Crippen LogP) is 2.04. The summed E-state index contributed by atoms with van der Waals surface area (Å²) in [4.78, 5) is 16.5. The zero-order valence-corrected chi connectivity index (χ0v) is 9.92. The number of rotatable bonds is 2. The Morgan fingerprint density at radius 1 is 1.40 bits per heavy atom. The number of hydrogen-bond donors (Lipinski definition) is 1. The van der Waals surface area contributed by atoms with Gasteiger partial charge in [-0.2, -0.15) is 0 Å². The minimum absolute atomic E-state index is 0.323. The number of ether oxygens (including phenoxy) is 1. The number of nitrogens with one attached hydrogen (secondary N) is 1. The van der Waals surface area contributed by atoms with Crippen LogP contribution in [0.15, 0.2) is 12.3 Å². The van der Waals surface area contributed by atoms with Crippen LogP contribution in [0.25, 0.3) is 0 Å². The highest BCUT2D eigenvalue weighted by molar-refractivity contribution is 5.94. The van der Waals surface area contributed by atoms with Crippen LogP contribution in [-0.2, 0) is 4.74 Å². The van der Waals surface area contributed by atoms with E-state index in [1.54, 1.807) is 6.20 Å². The van der Waals surface area contributed by atoms with Crippen LogP contribution in [-0.4, -0.2) is 30.6 Å². The molecule has 15 heavy (non-hydrogen) atoms. The average Bonchev–Trinajstić information content (AvgIpc) is 2.47. The average molecular weight is 210 g/mol. The lowest BCUT2D eigenvalue weighted by atomic mass is 10.2. The standard InChI is InChI=1S/C11H18N2O2/c1-11(2,3)15-10(14)9-8(13(4)5)6-7-12-9/h6-7,12H,1-5H3. The van der Waals surface area contributed by atoms with Crippen molar-refractivity contribution in [3.8, 4) is 0 Å². The summed E-state index contributed by atoms with van der Waals surface area (Å²) in [7, 11) is 3.77. The zero-order chi connectivity index (χ0) is 11.6. The van der Waals surface area contributed by atoms with Crippen molar-refractivity contribution in [3.05, 3.63) is 18.0 Å². The Kier molecular flexibility index (Phi) is 3.07. The highest BCUT2D eigenvalue weighted by Gasteiger charge is 2.21. The third-order valence-electron chi connectivity index (χ3n) is 1.81. The van der Waals surface area contributed by atoms with Crippen LogP contribution in [0.5, 0.6) is 0 Å². The number of hydrogen-bond acceptors (Lipinski definition) is 3. The second-order valence-corrected chi connectivity index (χ2v) is 4.63. The van der Waals surface area contributed by atoms with Gasteiger partial charge < -0.3 is 14.6 Å². The van der Waals surface area contributed by atoms with Gasteiger partial charge in [-0.15, -0.1) is 0 Å². The van der Waals surface area contributed by atoms with Crippen LogP contribution in [0.3, 0.4) is 0 Å². The summed E-state index contributed by atoms with van der Waals surface area (Å²) in [5.41, 5.74) is 0.866. The number of nitrogens with zero attached hydrogens (tertiary/aromatic N) is 1. The maximum Gasteiger partial charge on any atom is 0.357 e. The topological polar surface area (TPSA) is 45.3 Å². The van der Waals surface area contributed by atoms with Crippen molar-refractivity contribution in [1.82, 2.24) is 4.98 Å². The summed E-state index contributed by atoms with van der Waals surface area (Å²) in [6.07, 6.45) is 1.73. The monoisotopic (exact) mass is 210 g/mol. The molecule has 0 spiro atoms. The fraction of sp³-hybridized carbons (Fsp3) is 0.545. The van der Waals surface area contributed by atoms with E-state index in [0.29, 0.717) is 5.69 Å². The molecule has 0 aliphatic heterocycles. The van der Waals surface area contributed by atoms with Crippen LogP contribution in [0, 0.1) is 0 Å². The number of carbonyl (C=O) groups is 1. The summed E-state index contributed by atoms with van der Waals surface area (Å²) in [6, 6.07) is 1.85. The molecule has 0 amide bonds. The maximum absolute atomic E-state index is 11.8. The molecule has 0 aliphatic rings. The van der Waals surface area contributed by atoms with Gasteiger partial charge in [0.15, 0.2) is 0 Å². The number of aromatic amines is 1. The lowest BCUT2D eigenvalue weighted by molar-refractivity contribution is 0.00645. The molecule has 4 heteroatoms. The second-order valence-electron chi connectivity index (χ2n) is 4.63. The smallest absolute Gasteiger partial charge is 0.357 e. The second kappa shape index (κ2) is 3.96. The molecule has 0 saturated carbocycles. The first kappa shape index (κ1) is 11.6. The predicted molar refractivity (Wildman–Crippen MR) is 60.3 cm³/mol. The van der Waals surface area contributed by atoms with Crippen LogP contribution >= 0.6 is 0 Å². The summed E-state index contributed by atoms with van der Waals surface area (Å²) in [5.74, 6) is -0.323. The van der Waals surface area contributed by atoms with Gasteiger partial charge in [0, 0.05) is 20.3 Å². The Bertz CT molecular complexity index is 348. The summed E-state index contributed by atoms with van der Waals surface area (Å²) >= 11 is 0. The molecule has 1 rings (SSSR count). The van der Waals surface area contributed by atoms with Gasteiger partial charge in [-0.05, 0) is 26.8 Å². The molecule has 0 radical (unpaired) electrons. The van der Waals surface area contributed by atoms with E-state index in [1.807, 2.05) is 45.8 Å². The van der Waals surface area contributed by atoms with Gasteiger partial charge >= 0.3 is 5.97 Å². The van der Waals surface area contributed by atoms with Gasteiger partial charge in [0.05, 0.1) is 5.69 Å². The van der Waals surface area contributed by atoms with E-state index in [0.717, 1.165) is 5.69 Å². The van der Waals surface area contributed by atoms with Crippen LogP contribution in [0.4, 0.5) is 5.69 Å².